The van der Waals surface area contributed by atoms with Gasteiger partial charge in [0.1, 0.15) is 23.5 Å². The van der Waals surface area contributed by atoms with E-state index in [1.165, 1.54) is 22.0 Å². The third-order valence-corrected chi connectivity index (χ3v) is 2.33. The SMILES string of the molecule is Bc1ccc(B)c(C)c1B. The molecule has 1 aromatic rings. The Bertz CT molecular complexity index is 228. The van der Waals surface area contributed by atoms with Crippen molar-refractivity contribution in [2.24, 2.45) is 0 Å². The van der Waals surface area contributed by atoms with Crippen LogP contribution in [0.1, 0.15) is 5.56 Å². The minimum atomic E-state index is 1.39. The van der Waals surface area contributed by atoms with Crippen LogP contribution in [-0.4, -0.2) is 23.5 Å². The topological polar surface area (TPSA) is 0 Å². The number of hydrogen-bond donors (Lipinski definition) is 0. The van der Waals surface area contributed by atoms with Gasteiger partial charge in [-0.05, 0) is 6.92 Å². The van der Waals surface area contributed by atoms with Crippen molar-refractivity contribution in [2.45, 2.75) is 6.92 Å². The largest absolute Gasteiger partial charge is 0.139 e. The molecule has 48 valence electrons. The predicted octanol–water partition coefficient (Wildman–Crippen LogP) is -3.23. The van der Waals surface area contributed by atoms with Crippen LogP contribution in [0.25, 0.3) is 0 Å². The van der Waals surface area contributed by atoms with Gasteiger partial charge in [0.15, 0.2) is 0 Å². The van der Waals surface area contributed by atoms with Crippen molar-refractivity contribution < 1.29 is 0 Å². The Kier molecular flexibility index (Phi) is 1.93. The second-order valence-electron chi connectivity index (χ2n) is 2.95. The van der Waals surface area contributed by atoms with Gasteiger partial charge in [-0.2, -0.15) is 0 Å². The molecule has 0 saturated heterocycles. The van der Waals surface area contributed by atoms with Crippen LogP contribution in [0.3, 0.4) is 0 Å². The second-order valence-corrected chi connectivity index (χ2v) is 2.95. The summed E-state index contributed by atoms with van der Waals surface area (Å²) < 4.78 is 0. The van der Waals surface area contributed by atoms with Crippen molar-refractivity contribution >= 4 is 39.9 Å². The molecule has 0 bridgehead atoms. The van der Waals surface area contributed by atoms with Gasteiger partial charge in [-0.1, -0.05) is 34.1 Å². The van der Waals surface area contributed by atoms with E-state index >= 15 is 0 Å². The zero-order valence-corrected chi connectivity index (χ0v) is 7.15. The van der Waals surface area contributed by atoms with E-state index in [2.05, 4.69) is 42.6 Å². The molecule has 1 rings (SSSR count). The van der Waals surface area contributed by atoms with Gasteiger partial charge < -0.3 is 0 Å². The third kappa shape index (κ3) is 1.13. The highest BCUT2D eigenvalue weighted by Gasteiger charge is 1.97. The molecule has 3 heteroatoms. The van der Waals surface area contributed by atoms with Crippen molar-refractivity contribution in [2.75, 3.05) is 0 Å². The van der Waals surface area contributed by atoms with Gasteiger partial charge in [0.05, 0.1) is 0 Å². The van der Waals surface area contributed by atoms with Gasteiger partial charge in [-0.15, -0.1) is 0 Å². The van der Waals surface area contributed by atoms with Crippen LogP contribution >= 0.6 is 0 Å². The maximum atomic E-state index is 2.18. The Morgan fingerprint density at radius 3 is 2.00 bits per heavy atom. The molecule has 10 heavy (non-hydrogen) atoms. The number of hydrogen-bond acceptors (Lipinski definition) is 0. The first kappa shape index (κ1) is 7.52. The fourth-order valence-electron chi connectivity index (χ4n) is 1.09. The molecule has 0 radical (unpaired) electrons. The first-order valence-electron chi connectivity index (χ1n) is 3.66. The van der Waals surface area contributed by atoms with Crippen LogP contribution in [0, 0.1) is 6.92 Å². The summed E-state index contributed by atoms with van der Waals surface area (Å²) in [4.78, 5) is 0. The summed E-state index contributed by atoms with van der Waals surface area (Å²) >= 11 is 0. The highest BCUT2D eigenvalue weighted by molar-refractivity contribution is 6.51. The Morgan fingerprint density at radius 1 is 1.00 bits per heavy atom. The summed E-state index contributed by atoms with van der Waals surface area (Å²) in [6.07, 6.45) is 0. The molecule has 0 spiro atoms. The van der Waals surface area contributed by atoms with Gasteiger partial charge >= 0.3 is 0 Å². The van der Waals surface area contributed by atoms with E-state index in [9.17, 15) is 0 Å². The van der Waals surface area contributed by atoms with Crippen LogP contribution in [-0.2, 0) is 0 Å². The van der Waals surface area contributed by atoms with Gasteiger partial charge in [-0.25, -0.2) is 0 Å². The van der Waals surface area contributed by atoms with Crippen molar-refractivity contribution in [3.8, 4) is 0 Å². The zero-order chi connectivity index (χ0) is 7.72. The fourth-order valence-corrected chi connectivity index (χ4v) is 1.09. The molecule has 0 heterocycles. The second kappa shape index (κ2) is 2.57. The molecule has 0 aliphatic heterocycles. The van der Waals surface area contributed by atoms with Crippen LogP contribution < -0.4 is 16.4 Å². The average molecular weight is 128 g/mol. The van der Waals surface area contributed by atoms with Gasteiger partial charge in [0.2, 0.25) is 0 Å². The van der Waals surface area contributed by atoms with E-state index < -0.39 is 0 Å². The van der Waals surface area contributed by atoms with Gasteiger partial charge in [0, 0.05) is 0 Å². The van der Waals surface area contributed by atoms with E-state index in [4.69, 9.17) is 0 Å². The molecule has 0 amide bonds. The minimum absolute atomic E-state index is 1.39. The van der Waals surface area contributed by atoms with Crippen LogP contribution in [0.4, 0.5) is 0 Å². The molecule has 0 saturated carbocycles. The Morgan fingerprint density at radius 2 is 1.50 bits per heavy atom. The van der Waals surface area contributed by atoms with Crippen molar-refractivity contribution in [1.29, 1.82) is 0 Å². The summed E-state index contributed by atoms with van der Waals surface area (Å²) in [5.41, 5.74) is 5.64. The van der Waals surface area contributed by atoms with Gasteiger partial charge in [-0.3, -0.25) is 0 Å². The molecule has 0 unspecified atom stereocenters. The maximum absolute atomic E-state index is 2.18. The van der Waals surface area contributed by atoms with E-state index in [1.807, 2.05) is 0 Å². The summed E-state index contributed by atoms with van der Waals surface area (Å²) in [5.74, 6) is 0. The quantitative estimate of drug-likeness (QED) is 0.322. The Balaban J connectivity index is 3.34. The molecule has 0 atom stereocenters. The molecule has 1 aromatic carbocycles. The number of benzene rings is 1. The van der Waals surface area contributed by atoms with Crippen LogP contribution in [0.15, 0.2) is 12.1 Å². The fraction of sp³-hybridized carbons (Fsp3) is 0.143. The first-order valence-corrected chi connectivity index (χ1v) is 3.66. The standard InChI is InChI=1S/C7H11B3/c1-4-5(8)2-3-6(9)7(4)10/h2-3H,8-10H2,1H3. The van der Waals surface area contributed by atoms with E-state index in [0.29, 0.717) is 0 Å². The van der Waals surface area contributed by atoms with E-state index in [-0.39, 0.29) is 0 Å². The van der Waals surface area contributed by atoms with Crippen LogP contribution in [0.2, 0.25) is 0 Å². The maximum Gasteiger partial charge on any atom is 0.139 e. The van der Waals surface area contributed by atoms with Crippen molar-refractivity contribution in [1.82, 2.24) is 0 Å². The summed E-state index contributed by atoms with van der Waals surface area (Å²) in [7, 11) is 6.49. The molecule has 0 aliphatic rings. The molecule has 0 aromatic heterocycles. The van der Waals surface area contributed by atoms with Gasteiger partial charge in [0.25, 0.3) is 0 Å². The Labute approximate surface area is 65.3 Å². The predicted molar refractivity (Wildman–Crippen MR) is 55.7 cm³/mol. The van der Waals surface area contributed by atoms with E-state index in [1.54, 1.807) is 0 Å². The molecular formula is C7H11B3. The van der Waals surface area contributed by atoms with Crippen molar-refractivity contribution in [3.05, 3.63) is 17.7 Å². The lowest BCUT2D eigenvalue weighted by atomic mass is 9.73. The third-order valence-electron chi connectivity index (χ3n) is 2.33. The smallest absolute Gasteiger partial charge is 0.0949 e. The molecule has 0 nitrogen and oxygen atoms in total. The minimum Gasteiger partial charge on any atom is -0.0949 e. The average Bonchev–Trinajstić information content (AvgIpc) is 1.93. The highest BCUT2D eigenvalue weighted by Crippen LogP contribution is 1.82. The monoisotopic (exact) mass is 128 g/mol. The van der Waals surface area contributed by atoms with Crippen molar-refractivity contribution in [3.63, 3.8) is 0 Å². The summed E-state index contributed by atoms with van der Waals surface area (Å²) in [5, 5.41) is 0. The van der Waals surface area contributed by atoms with E-state index in [0.717, 1.165) is 0 Å². The lowest BCUT2D eigenvalue weighted by Crippen LogP contribution is -2.33. The molecular weight excluding hydrogens is 117 g/mol. The first-order chi connectivity index (χ1) is 4.63. The molecule has 0 aliphatic carbocycles. The van der Waals surface area contributed by atoms with Crippen LogP contribution in [0.5, 0.6) is 0 Å². The summed E-state index contributed by atoms with van der Waals surface area (Å²) in [6.45, 7) is 2.18. The number of rotatable bonds is 0. The molecule has 0 N–H and O–H groups in total. The Hall–Kier alpha value is -0.585. The molecule has 0 fully saturated rings. The lowest BCUT2D eigenvalue weighted by Gasteiger charge is -2.06. The lowest BCUT2D eigenvalue weighted by molar-refractivity contribution is 1.58. The normalized spacial score (nSPS) is 9.70. The summed E-state index contributed by atoms with van der Waals surface area (Å²) in [6, 6.07) is 4.36. The zero-order valence-electron chi connectivity index (χ0n) is 7.15. The highest BCUT2D eigenvalue weighted by atomic mass is 13.9.